The lowest BCUT2D eigenvalue weighted by Crippen LogP contribution is -2.34. The molecule has 2 fully saturated rings. The number of amides is 1. The predicted octanol–water partition coefficient (Wildman–Crippen LogP) is 3.22. The number of anilines is 1. The Hall–Kier alpha value is -2.89. The molecule has 0 bridgehead atoms. The normalized spacial score (nSPS) is 21.7. The van der Waals surface area contributed by atoms with Gasteiger partial charge in [0.2, 0.25) is 5.95 Å². The van der Waals surface area contributed by atoms with Gasteiger partial charge < -0.3 is 14.4 Å². The molecule has 2 saturated heterocycles. The van der Waals surface area contributed by atoms with Crippen molar-refractivity contribution in [3.05, 3.63) is 54.4 Å². The molecule has 3 aromatic rings. The molecule has 0 spiro atoms. The van der Waals surface area contributed by atoms with E-state index in [0.717, 1.165) is 43.2 Å². The standard InChI is InChI=1S/C22H25N5O/c1-15(2)27-20-6-4-3-5-19(20)24-22(27)26-13-17-11-25(12-18(17)14-26)21(28)16-7-9-23-10-8-16/h3-10,15,17-18H,11-14H2,1-2H3. The summed E-state index contributed by atoms with van der Waals surface area (Å²) in [5, 5.41) is 0. The lowest BCUT2D eigenvalue weighted by atomic mass is 10.0. The van der Waals surface area contributed by atoms with Gasteiger partial charge in [-0.1, -0.05) is 12.1 Å². The van der Waals surface area contributed by atoms with Crippen LogP contribution in [0.25, 0.3) is 11.0 Å². The number of fused-ring (bicyclic) bond motifs is 2. The lowest BCUT2D eigenvalue weighted by molar-refractivity contribution is 0.0782. The summed E-state index contributed by atoms with van der Waals surface area (Å²) < 4.78 is 2.34. The summed E-state index contributed by atoms with van der Waals surface area (Å²) in [6.07, 6.45) is 3.37. The van der Waals surface area contributed by atoms with Crippen LogP contribution in [0.3, 0.4) is 0 Å². The first-order chi connectivity index (χ1) is 13.6. The molecular weight excluding hydrogens is 350 g/mol. The minimum atomic E-state index is 0.123. The van der Waals surface area contributed by atoms with Gasteiger partial charge in [-0.05, 0) is 38.1 Å². The molecule has 0 radical (unpaired) electrons. The number of nitrogens with zero attached hydrogens (tertiary/aromatic N) is 5. The monoisotopic (exact) mass is 375 g/mol. The second kappa shape index (κ2) is 6.62. The van der Waals surface area contributed by atoms with Crippen molar-refractivity contribution in [3.63, 3.8) is 0 Å². The Balaban J connectivity index is 1.36. The highest BCUT2D eigenvalue weighted by atomic mass is 16.2. The van der Waals surface area contributed by atoms with Crippen LogP contribution in [0, 0.1) is 11.8 Å². The Morgan fingerprint density at radius 3 is 2.36 bits per heavy atom. The highest BCUT2D eigenvalue weighted by Crippen LogP contribution is 2.36. The van der Waals surface area contributed by atoms with Crippen LogP contribution in [0.1, 0.15) is 30.2 Å². The summed E-state index contributed by atoms with van der Waals surface area (Å²) in [6.45, 7) is 7.99. The summed E-state index contributed by atoms with van der Waals surface area (Å²) in [7, 11) is 0. The van der Waals surface area contributed by atoms with Gasteiger partial charge in [0.05, 0.1) is 11.0 Å². The highest BCUT2D eigenvalue weighted by Gasteiger charge is 2.43. The van der Waals surface area contributed by atoms with Crippen molar-refractivity contribution in [2.24, 2.45) is 11.8 Å². The Bertz CT molecular complexity index is 998. The molecule has 2 aliphatic heterocycles. The maximum Gasteiger partial charge on any atom is 0.253 e. The summed E-state index contributed by atoms with van der Waals surface area (Å²) in [6, 6.07) is 12.3. The van der Waals surface area contributed by atoms with E-state index in [4.69, 9.17) is 4.98 Å². The van der Waals surface area contributed by atoms with Crippen molar-refractivity contribution in [2.45, 2.75) is 19.9 Å². The maximum atomic E-state index is 12.8. The van der Waals surface area contributed by atoms with Crippen LogP contribution in [0.4, 0.5) is 5.95 Å². The first-order valence-corrected chi connectivity index (χ1v) is 10.0. The summed E-state index contributed by atoms with van der Waals surface area (Å²) >= 11 is 0. The number of pyridine rings is 1. The van der Waals surface area contributed by atoms with E-state index in [-0.39, 0.29) is 5.91 Å². The molecule has 5 rings (SSSR count). The zero-order valence-corrected chi connectivity index (χ0v) is 16.3. The summed E-state index contributed by atoms with van der Waals surface area (Å²) in [4.78, 5) is 26.1. The van der Waals surface area contributed by atoms with E-state index in [2.05, 4.69) is 46.5 Å². The number of imidazole rings is 1. The van der Waals surface area contributed by atoms with Gasteiger partial charge in [-0.2, -0.15) is 0 Å². The number of hydrogen-bond acceptors (Lipinski definition) is 4. The van der Waals surface area contributed by atoms with Crippen LogP contribution in [0.2, 0.25) is 0 Å². The van der Waals surface area contributed by atoms with Crippen LogP contribution in [0.5, 0.6) is 0 Å². The fourth-order valence-electron chi connectivity index (χ4n) is 4.76. The van der Waals surface area contributed by atoms with E-state index in [1.807, 2.05) is 11.0 Å². The number of aromatic nitrogens is 3. The number of carbonyl (C=O) groups is 1. The SMILES string of the molecule is CC(C)n1c(N2CC3CN(C(=O)c4ccncc4)CC3C2)nc2ccccc21. The van der Waals surface area contributed by atoms with Crippen LogP contribution in [0.15, 0.2) is 48.8 Å². The molecule has 144 valence electrons. The third-order valence-corrected chi connectivity index (χ3v) is 6.08. The van der Waals surface area contributed by atoms with Crippen LogP contribution < -0.4 is 4.90 Å². The quantitative estimate of drug-likeness (QED) is 0.705. The van der Waals surface area contributed by atoms with E-state index in [9.17, 15) is 4.79 Å². The van der Waals surface area contributed by atoms with E-state index in [1.165, 1.54) is 5.52 Å². The average molecular weight is 375 g/mol. The largest absolute Gasteiger partial charge is 0.342 e. The maximum absolute atomic E-state index is 12.8. The zero-order valence-electron chi connectivity index (χ0n) is 16.3. The van der Waals surface area contributed by atoms with E-state index in [1.54, 1.807) is 24.5 Å². The highest BCUT2D eigenvalue weighted by molar-refractivity contribution is 5.94. The average Bonchev–Trinajstić information content (AvgIpc) is 3.38. The molecular formula is C22H25N5O. The predicted molar refractivity (Wildman–Crippen MR) is 109 cm³/mol. The molecule has 1 aromatic carbocycles. The van der Waals surface area contributed by atoms with Crippen LogP contribution in [-0.2, 0) is 0 Å². The Labute approximate surface area is 164 Å². The smallest absolute Gasteiger partial charge is 0.253 e. The summed E-state index contributed by atoms with van der Waals surface area (Å²) in [5.41, 5.74) is 2.98. The van der Waals surface area contributed by atoms with Gasteiger partial charge >= 0.3 is 0 Å². The van der Waals surface area contributed by atoms with Crippen molar-refractivity contribution < 1.29 is 4.79 Å². The summed E-state index contributed by atoms with van der Waals surface area (Å²) in [5.74, 6) is 2.20. The fourth-order valence-corrected chi connectivity index (χ4v) is 4.76. The number of carbonyl (C=O) groups excluding carboxylic acids is 1. The minimum absolute atomic E-state index is 0.123. The van der Waals surface area contributed by atoms with Crippen LogP contribution in [-0.4, -0.2) is 51.5 Å². The Morgan fingerprint density at radius 1 is 1.00 bits per heavy atom. The van der Waals surface area contributed by atoms with E-state index in [0.29, 0.717) is 17.9 Å². The fraction of sp³-hybridized carbons (Fsp3) is 0.409. The second-order valence-corrected chi connectivity index (χ2v) is 8.24. The van der Waals surface area contributed by atoms with Crippen molar-refractivity contribution >= 4 is 22.9 Å². The number of hydrogen-bond donors (Lipinski definition) is 0. The zero-order chi connectivity index (χ0) is 19.3. The molecule has 6 nitrogen and oxygen atoms in total. The van der Waals surface area contributed by atoms with Crippen molar-refractivity contribution in [3.8, 4) is 0 Å². The topological polar surface area (TPSA) is 54.3 Å². The molecule has 2 atom stereocenters. The molecule has 0 saturated carbocycles. The lowest BCUT2D eigenvalue weighted by Gasteiger charge is -2.24. The van der Waals surface area contributed by atoms with Crippen molar-refractivity contribution in [1.82, 2.24) is 19.4 Å². The minimum Gasteiger partial charge on any atom is -0.342 e. The number of benzene rings is 1. The third-order valence-electron chi connectivity index (χ3n) is 6.08. The van der Waals surface area contributed by atoms with Gasteiger partial charge in [0, 0.05) is 62.0 Å². The number of rotatable bonds is 3. The van der Waals surface area contributed by atoms with Crippen molar-refractivity contribution in [2.75, 3.05) is 31.1 Å². The van der Waals surface area contributed by atoms with Gasteiger partial charge in [-0.3, -0.25) is 9.78 Å². The first-order valence-electron chi connectivity index (χ1n) is 10.0. The van der Waals surface area contributed by atoms with Gasteiger partial charge in [0.25, 0.3) is 5.91 Å². The third kappa shape index (κ3) is 2.75. The number of likely N-dealkylation sites (tertiary alicyclic amines) is 1. The Morgan fingerprint density at radius 2 is 1.68 bits per heavy atom. The number of para-hydroxylation sites is 2. The molecule has 1 amide bonds. The molecule has 0 aliphatic carbocycles. The van der Waals surface area contributed by atoms with Gasteiger partial charge in [-0.25, -0.2) is 4.98 Å². The van der Waals surface area contributed by atoms with Gasteiger partial charge in [0.15, 0.2) is 0 Å². The molecule has 2 aliphatic rings. The molecule has 6 heteroatoms. The molecule has 2 unspecified atom stereocenters. The van der Waals surface area contributed by atoms with Gasteiger partial charge in [-0.15, -0.1) is 0 Å². The van der Waals surface area contributed by atoms with Crippen LogP contribution >= 0.6 is 0 Å². The molecule has 0 N–H and O–H groups in total. The molecule has 4 heterocycles. The first kappa shape index (κ1) is 17.2. The Kier molecular flexibility index (Phi) is 4.07. The van der Waals surface area contributed by atoms with E-state index >= 15 is 0 Å². The van der Waals surface area contributed by atoms with Gasteiger partial charge in [0.1, 0.15) is 0 Å². The van der Waals surface area contributed by atoms with Crippen molar-refractivity contribution in [1.29, 1.82) is 0 Å². The molecule has 28 heavy (non-hydrogen) atoms. The second-order valence-electron chi connectivity index (χ2n) is 8.24. The molecule has 2 aromatic heterocycles. The van der Waals surface area contributed by atoms with E-state index < -0.39 is 0 Å².